The second kappa shape index (κ2) is 13.0. The van der Waals surface area contributed by atoms with Gasteiger partial charge in [0.15, 0.2) is 5.96 Å². The minimum Gasteiger partial charge on any atom is -0.356 e. The van der Waals surface area contributed by atoms with Crippen LogP contribution in [0, 0.1) is 0 Å². The first-order valence-corrected chi connectivity index (χ1v) is 10.3. The summed E-state index contributed by atoms with van der Waals surface area (Å²) in [6, 6.07) is 1.80. The number of guanidine groups is 1. The zero-order valence-corrected chi connectivity index (χ0v) is 20.4. The number of aliphatic imine (C=N–C) groups is 1. The number of anilines is 1. The summed E-state index contributed by atoms with van der Waals surface area (Å²) in [6.07, 6.45) is 6.48. The van der Waals surface area contributed by atoms with Gasteiger partial charge in [-0.1, -0.05) is 6.92 Å². The van der Waals surface area contributed by atoms with E-state index < -0.39 is 0 Å². The molecule has 31 heavy (non-hydrogen) atoms. The number of nitrogens with one attached hydrogen (secondary N) is 2. The molecular formula is C19H31IN10O. The number of hydrogen-bond acceptors (Lipinski definition) is 7. The Morgan fingerprint density at radius 3 is 2.52 bits per heavy atom. The summed E-state index contributed by atoms with van der Waals surface area (Å²) in [7, 11) is 1.72. The number of carbonyl (C=O) groups is 1. The molecule has 0 aromatic carbocycles. The molecule has 3 rings (SSSR count). The van der Waals surface area contributed by atoms with E-state index in [2.05, 4.69) is 47.6 Å². The highest BCUT2D eigenvalue weighted by atomic mass is 127. The van der Waals surface area contributed by atoms with Gasteiger partial charge in [0, 0.05) is 78.1 Å². The van der Waals surface area contributed by atoms with Gasteiger partial charge in [-0.05, 0) is 6.07 Å². The molecule has 0 aliphatic carbocycles. The van der Waals surface area contributed by atoms with Gasteiger partial charge in [0.2, 0.25) is 11.9 Å². The second-order valence-electron chi connectivity index (χ2n) is 6.89. The predicted octanol–water partition coefficient (Wildman–Crippen LogP) is 0.152. The summed E-state index contributed by atoms with van der Waals surface area (Å²) < 4.78 is 2.02. The number of halogens is 1. The average molecular weight is 542 g/mol. The highest BCUT2D eigenvalue weighted by Gasteiger charge is 2.22. The molecule has 11 nitrogen and oxygen atoms in total. The molecule has 1 saturated heterocycles. The van der Waals surface area contributed by atoms with Crippen molar-refractivity contribution in [1.29, 1.82) is 0 Å². The van der Waals surface area contributed by atoms with Gasteiger partial charge in [-0.3, -0.25) is 9.79 Å². The van der Waals surface area contributed by atoms with Crippen molar-refractivity contribution in [3.63, 3.8) is 0 Å². The van der Waals surface area contributed by atoms with E-state index in [-0.39, 0.29) is 29.9 Å². The first-order valence-electron chi connectivity index (χ1n) is 10.3. The fourth-order valence-corrected chi connectivity index (χ4v) is 3.31. The molecule has 1 aliphatic rings. The van der Waals surface area contributed by atoms with Crippen LogP contribution in [0.1, 0.15) is 19.2 Å². The molecule has 1 aliphatic heterocycles. The lowest BCUT2D eigenvalue weighted by atomic mass is 10.3. The summed E-state index contributed by atoms with van der Waals surface area (Å²) in [5.74, 6) is 2.51. The smallest absolute Gasteiger partial charge is 0.225 e. The molecule has 0 atom stereocenters. The summed E-state index contributed by atoms with van der Waals surface area (Å²) in [6.45, 7) is 6.90. The third-order valence-corrected chi connectivity index (χ3v) is 4.98. The van der Waals surface area contributed by atoms with E-state index in [1.54, 1.807) is 31.8 Å². The van der Waals surface area contributed by atoms with Crippen LogP contribution in [0.5, 0.6) is 0 Å². The maximum atomic E-state index is 12.5. The number of hydrogen-bond donors (Lipinski definition) is 2. The summed E-state index contributed by atoms with van der Waals surface area (Å²) in [5.41, 5.74) is 0. The second-order valence-corrected chi connectivity index (χ2v) is 6.89. The fraction of sp³-hybridized carbons (Fsp3) is 0.579. The number of rotatable bonds is 8. The van der Waals surface area contributed by atoms with Gasteiger partial charge in [-0.25, -0.2) is 9.97 Å². The molecule has 0 bridgehead atoms. The Bertz CT molecular complexity index is 820. The van der Waals surface area contributed by atoms with E-state index in [9.17, 15) is 4.79 Å². The minimum absolute atomic E-state index is 0. The Morgan fingerprint density at radius 2 is 1.84 bits per heavy atom. The van der Waals surface area contributed by atoms with Crippen molar-refractivity contribution in [2.24, 2.45) is 4.99 Å². The van der Waals surface area contributed by atoms with Crippen LogP contribution in [0.25, 0.3) is 0 Å². The zero-order valence-electron chi connectivity index (χ0n) is 18.1. The molecule has 0 unspecified atom stereocenters. The summed E-state index contributed by atoms with van der Waals surface area (Å²) in [5, 5.41) is 14.5. The van der Waals surface area contributed by atoms with Gasteiger partial charge >= 0.3 is 0 Å². The quantitative estimate of drug-likeness (QED) is 0.275. The monoisotopic (exact) mass is 542 g/mol. The van der Waals surface area contributed by atoms with Gasteiger partial charge in [0.1, 0.15) is 12.2 Å². The molecule has 0 saturated carbocycles. The number of aryl methyl sites for hydroxylation is 1. The van der Waals surface area contributed by atoms with Crippen molar-refractivity contribution >= 4 is 41.8 Å². The van der Waals surface area contributed by atoms with Crippen molar-refractivity contribution in [2.75, 3.05) is 51.2 Å². The molecule has 2 N–H and O–H groups in total. The van der Waals surface area contributed by atoms with Gasteiger partial charge in [-0.15, -0.1) is 34.2 Å². The molecule has 2 aromatic heterocycles. The van der Waals surface area contributed by atoms with E-state index in [1.807, 2.05) is 9.47 Å². The van der Waals surface area contributed by atoms with E-state index >= 15 is 0 Å². The highest BCUT2D eigenvalue weighted by molar-refractivity contribution is 14.0. The van der Waals surface area contributed by atoms with Crippen LogP contribution >= 0.6 is 24.0 Å². The molecule has 0 spiro atoms. The van der Waals surface area contributed by atoms with Crippen molar-refractivity contribution in [2.45, 2.75) is 26.3 Å². The number of nitrogens with zero attached hydrogens (tertiary/aromatic N) is 8. The molecule has 12 heteroatoms. The van der Waals surface area contributed by atoms with Gasteiger partial charge in [0.25, 0.3) is 0 Å². The van der Waals surface area contributed by atoms with E-state index in [0.29, 0.717) is 38.6 Å². The van der Waals surface area contributed by atoms with Crippen molar-refractivity contribution in [1.82, 2.24) is 40.3 Å². The van der Waals surface area contributed by atoms with Crippen molar-refractivity contribution in [3.05, 3.63) is 30.6 Å². The summed E-state index contributed by atoms with van der Waals surface area (Å²) >= 11 is 0. The Labute approximate surface area is 199 Å². The number of carbonyl (C=O) groups excluding carboxylic acids is 1. The number of aromatic nitrogens is 5. The molecular weight excluding hydrogens is 511 g/mol. The lowest BCUT2D eigenvalue weighted by Gasteiger charge is -2.34. The van der Waals surface area contributed by atoms with E-state index in [0.717, 1.165) is 37.8 Å². The largest absolute Gasteiger partial charge is 0.356 e. The zero-order chi connectivity index (χ0) is 21.2. The highest BCUT2D eigenvalue weighted by Crippen LogP contribution is 2.10. The van der Waals surface area contributed by atoms with Crippen LogP contribution in [0.2, 0.25) is 0 Å². The molecule has 0 radical (unpaired) electrons. The van der Waals surface area contributed by atoms with Crippen LogP contribution in [0.4, 0.5) is 5.95 Å². The minimum atomic E-state index is 0. The lowest BCUT2D eigenvalue weighted by molar-refractivity contribution is -0.131. The first-order chi connectivity index (χ1) is 14.7. The Morgan fingerprint density at radius 1 is 1.13 bits per heavy atom. The normalized spacial score (nSPS) is 14.2. The average Bonchev–Trinajstić information content (AvgIpc) is 3.26. The van der Waals surface area contributed by atoms with Crippen LogP contribution in [0.3, 0.4) is 0 Å². The topological polar surface area (TPSA) is 116 Å². The van der Waals surface area contributed by atoms with Crippen LogP contribution in [0.15, 0.2) is 29.8 Å². The fourth-order valence-electron chi connectivity index (χ4n) is 3.31. The van der Waals surface area contributed by atoms with E-state index in [4.69, 9.17) is 0 Å². The van der Waals surface area contributed by atoms with Crippen molar-refractivity contribution in [3.8, 4) is 0 Å². The maximum Gasteiger partial charge on any atom is 0.225 e. The van der Waals surface area contributed by atoms with Crippen LogP contribution in [-0.2, 0) is 17.8 Å². The molecule has 170 valence electrons. The SMILES string of the molecule is CCc1nncn1CCNC(=NC)NCCC(=O)N1CCN(c2ncccn2)CC1.I. The summed E-state index contributed by atoms with van der Waals surface area (Å²) in [4.78, 5) is 29.3. The Kier molecular flexibility index (Phi) is 10.4. The lowest BCUT2D eigenvalue weighted by Crippen LogP contribution is -2.50. The van der Waals surface area contributed by atoms with E-state index in [1.165, 1.54) is 0 Å². The predicted molar refractivity (Wildman–Crippen MR) is 130 cm³/mol. The Balaban J connectivity index is 0.00000341. The Hall–Kier alpha value is -2.51. The van der Waals surface area contributed by atoms with Gasteiger partial charge < -0.3 is 25.0 Å². The number of piperazine rings is 1. The molecule has 2 aromatic rings. The molecule has 3 heterocycles. The first kappa shape index (κ1) is 24.8. The molecule has 1 fully saturated rings. The molecule has 1 amide bonds. The maximum absolute atomic E-state index is 12.5. The third kappa shape index (κ3) is 7.29. The van der Waals surface area contributed by atoms with Crippen LogP contribution < -0.4 is 15.5 Å². The third-order valence-electron chi connectivity index (χ3n) is 4.98. The van der Waals surface area contributed by atoms with Gasteiger partial charge in [0.05, 0.1) is 0 Å². The van der Waals surface area contributed by atoms with Crippen molar-refractivity contribution < 1.29 is 4.79 Å². The standard InChI is InChI=1S/C19H30N10O.HI/c1-3-16-26-25-15-29(16)10-9-22-18(20-2)21-8-5-17(30)27-11-13-28(14-12-27)19-23-6-4-7-24-19;/h4,6-7,15H,3,5,8-14H2,1-2H3,(H2,20,21,22);1H. The van der Waals surface area contributed by atoms with Gasteiger partial charge in [-0.2, -0.15) is 0 Å². The van der Waals surface area contributed by atoms with Crippen LogP contribution in [-0.4, -0.2) is 87.8 Å². The number of amides is 1.